The molecule has 1 aromatic rings. The zero-order valence-electron chi connectivity index (χ0n) is 9.03. The minimum atomic E-state index is -0.216. The third kappa shape index (κ3) is 1.67. The predicted molar refractivity (Wildman–Crippen MR) is 58.3 cm³/mol. The SMILES string of the molecule is CCN(CC)c1nc2n(c(=O)n1)CCN2. The highest BCUT2D eigenvalue weighted by Crippen LogP contribution is 2.11. The zero-order chi connectivity index (χ0) is 10.8. The molecular formula is C9H15N5O. The monoisotopic (exact) mass is 209 g/mol. The molecule has 0 aromatic carbocycles. The average molecular weight is 209 g/mol. The van der Waals surface area contributed by atoms with E-state index in [2.05, 4.69) is 15.3 Å². The second-order valence-electron chi connectivity index (χ2n) is 3.38. The molecule has 2 rings (SSSR count). The summed E-state index contributed by atoms with van der Waals surface area (Å²) in [5, 5.41) is 3.07. The molecular weight excluding hydrogens is 194 g/mol. The topological polar surface area (TPSA) is 63.1 Å². The Hall–Kier alpha value is -1.59. The van der Waals surface area contributed by atoms with Gasteiger partial charge in [-0.3, -0.25) is 4.57 Å². The molecule has 6 nitrogen and oxygen atoms in total. The first-order chi connectivity index (χ1) is 7.26. The molecule has 1 aliphatic heterocycles. The zero-order valence-corrected chi connectivity index (χ0v) is 9.03. The Morgan fingerprint density at radius 3 is 2.80 bits per heavy atom. The van der Waals surface area contributed by atoms with Crippen molar-refractivity contribution in [3.8, 4) is 0 Å². The molecule has 2 heterocycles. The smallest absolute Gasteiger partial charge is 0.353 e. The summed E-state index contributed by atoms with van der Waals surface area (Å²) in [5.74, 6) is 1.16. The van der Waals surface area contributed by atoms with Crippen LogP contribution in [0.25, 0.3) is 0 Å². The number of rotatable bonds is 3. The van der Waals surface area contributed by atoms with Crippen molar-refractivity contribution in [1.29, 1.82) is 0 Å². The van der Waals surface area contributed by atoms with Crippen molar-refractivity contribution in [3.05, 3.63) is 10.5 Å². The van der Waals surface area contributed by atoms with E-state index in [1.54, 1.807) is 4.57 Å². The fourth-order valence-electron chi connectivity index (χ4n) is 1.68. The Kier molecular flexibility index (Phi) is 2.57. The van der Waals surface area contributed by atoms with E-state index in [-0.39, 0.29) is 5.69 Å². The van der Waals surface area contributed by atoms with Gasteiger partial charge in [0.1, 0.15) is 0 Å². The molecule has 6 heteroatoms. The van der Waals surface area contributed by atoms with Crippen LogP contribution in [-0.4, -0.2) is 34.2 Å². The molecule has 0 amide bonds. The molecule has 0 atom stereocenters. The molecule has 0 saturated carbocycles. The van der Waals surface area contributed by atoms with Crippen LogP contribution in [0, 0.1) is 0 Å². The fraction of sp³-hybridized carbons (Fsp3) is 0.667. The molecule has 0 unspecified atom stereocenters. The number of hydrogen-bond acceptors (Lipinski definition) is 5. The maximum Gasteiger partial charge on any atom is 0.353 e. The lowest BCUT2D eigenvalue weighted by atomic mass is 10.5. The van der Waals surface area contributed by atoms with Crippen molar-refractivity contribution in [1.82, 2.24) is 14.5 Å². The molecule has 15 heavy (non-hydrogen) atoms. The highest BCUT2D eigenvalue weighted by Gasteiger charge is 2.16. The fourth-order valence-corrected chi connectivity index (χ4v) is 1.68. The number of aromatic nitrogens is 3. The van der Waals surface area contributed by atoms with Gasteiger partial charge in [0, 0.05) is 26.2 Å². The first-order valence-corrected chi connectivity index (χ1v) is 5.24. The second kappa shape index (κ2) is 3.88. The van der Waals surface area contributed by atoms with Gasteiger partial charge >= 0.3 is 5.69 Å². The summed E-state index contributed by atoms with van der Waals surface area (Å²) < 4.78 is 1.56. The molecule has 1 N–H and O–H groups in total. The Bertz CT molecular complexity index is 409. The first kappa shape index (κ1) is 9.95. The molecule has 0 radical (unpaired) electrons. The van der Waals surface area contributed by atoms with E-state index in [4.69, 9.17) is 0 Å². The van der Waals surface area contributed by atoms with Crippen LogP contribution in [-0.2, 0) is 6.54 Å². The average Bonchev–Trinajstić information content (AvgIpc) is 2.68. The number of anilines is 2. The molecule has 1 aliphatic rings. The van der Waals surface area contributed by atoms with Gasteiger partial charge in [0.25, 0.3) is 0 Å². The molecule has 0 saturated heterocycles. The van der Waals surface area contributed by atoms with Gasteiger partial charge in [-0.25, -0.2) is 4.79 Å². The maximum absolute atomic E-state index is 11.6. The number of nitrogens with zero attached hydrogens (tertiary/aromatic N) is 4. The van der Waals surface area contributed by atoms with Crippen molar-refractivity contribution >= 4 is 11.9 Å². The Morgan fingerprint density at radius 1 is 1.40 bits per heavy atom. The third-order valence-electron chi connectivity index (χ3n) is 2.55. The maximum atomic E-state index is 11.6. The van der Waals surface area contributed by atoms with Crippen molar-refractivity contribution in [2.45, 2.75) is 20.4 Å². The Balaban J connectivity index is 2.43. The molecule has 0 spiro atoms. The van der Waals surface area contributed by atoms with E-state index >= 15 is 0 Å². The van der Waals surface area contributed by atoms with Gasteiger partial charge in [-0.05, 0) is 13.8 Å². The van der Waals surface area contributed by atoms with Gasteiger partial charge in [-0.1, -0.05) is 0 Å². The van der Waals surface area contributed by atoms with Crippen molar-refractivity contribution < 1.29 is 0 Å². The van der Waals surface area contributed by atoms with Crippen molar-refractivity contribution in [3.63, 3.8) is 0 Å². The third-order valence-corrected chi connectivity index (χ3v) is 2.55. The molecule has 82 valence electrons. The minimum Gasteiger partial charge on any atom is -0.354 e. The first-order valence-electron chi connectivity index (χ1n) is 5.24. The lowest BCUT2D eigenvalue weighted by Crippen LogP contribution is -2.30. The molecule has 0 fully saturated rings. The normalized spacial score (nSPS) is 13.5. The van der Waals surface area contributed by atoms with Crippen LogP contribution >= 0.6 is 0 Å². The van der Waals surface area contributed by atoms with Gasteiger partial charge in [0.2, 0.25) is 11.9 Å². The van der Waals surface area contributed by atoms with Crippen LogP contribution in [0.15, 0.2) is 4.79 Å². The highest BCUT2D eigenvalue weighted by molar-refractivity contribution is 5.38. The largest absolute Gasteiger partial charge is 0.354 e. The van der Waals surface area contributed by atoms with E-state index in [0.717, 1.165) is 19.6 Å². The van der Waals surface area contributed by atoms with E-state index in [0.29, 0.717) is 18.4 Å². The van der Waals surface area contributed by atoms with Crippen LogP contribution in [0.1, 0.15) is 13.8 Å². The summed E-state index contributed by atoms with van der Waals surface area (Å²) in [5.41, 5.74) is -0.216. The Morgan fingerprint density at radius 2 is 2.13 bits per heavy atom. The summed E-state index contributed by atoms with van der Waals surface area (Å²) in [7, 11) is 0. The van der Waals surface area contributed by atoms with Crippen molar-refractivity contribution in [2.75, 3.05) is 29.9 Å². The summed E-state index contributed by atoms with van der Waals surface area (Å²) in [6.45, 7) is 7.06. The number of hydrogen-bond donors (Lipinski definition) is 1. The number of fused-ring (bicyclic) bond motifs is 1. The van der Waals surface area contributed by atoms with Crippen LogP contribution < -0.4 is 15.9 Å². The molecule has 0 bridgehead atoms. The van der Waals surface area contributed by atoms with Crippen LogP contribution in [0.4, 0.5) is 11.9 Å². The van der Waals surface area contributed by atoms with E-state index < -0.39 is 0 Å². The molecule has 1 aromatic heterocycles. The van der Waals surface area contributed by atoms with E-state index in [9.17, 15) is 4.79 Å². The second-order valence-corrected chi connectivity index (χ2v) is 3.38. The highest BCUT2D eigenvalue weighted by atomic mass is 16.1. The lowest BCUT2D eigenvalue weighted by molar-refractivity contribution is 0.710. The summed E-state index contributed by atoms with van der Waals surface area (Å²) in [6, 6.07) is 0. The van der Waals surface area contributed by atoms with E-state index in [1.807, 2.05) is 18.7 Å². The summed E-state index contributed by atoms with van der Waals surface area (Å²) in [4.78, 5) is 21.9. The van der Waals surface area contributed by atoms with Crippen LogP contribution in [0.5, 0.6) is 0 Å². The number of nitrogens with one attached hydrogen (secondary N) is 1. The lowest BCUT2D eigenvalue weighted by Gasteiger charge is -2.18. The van der Waals surface area contributed by atoms with Gasteiger partial charge in [0.05, 0.1) is 0 Å². The quantitative estimate of drug-likeness (QED) is 0.753. The van der Waals surface area contributed by atoms with Gasteiger partial charge in [0.15, 0.2) is 0 Å². The minimum absolute atomic E-state index is 0.216. The van der Waals surface area contributed by atoms with E-state index in [1.165, 1.54) is 0 Å². The summed E-state index contributed by atoms with van der Waals surface area (Å²) >= 11 is 0. The predicted octanol–water partition coefficient (Wildman–Crippen LogP) is -0.0900. The van der Waals surface area contributed by atoms with Crippen molar-refractivity contribution in [2.24, 2.45) is 0 Å². The molecule has 0 aliphatic carbocycles. The standard InChI is InChI=1S/C9H15N5O/c1-3-13(4-2)8-11-7-10-5-6-14(7)9(15)12-8/h3-6H2,1-2H3,(H,10,11,12,15). The van der Waals surface area contributed by atoms with Gasteiger partial charge in [-0.2, -0.15) is 9.97 Å². The van der Waals surface area contributed by atoms with Crippen LogP contribution in [0.3, 0.4) is 0 Å². The van der Waals surface area contributed by atoms with Gasteiger partial charge < -0.3 is 10.2 Å². The van der Waals surface area contributed by atoms with Gasteiger partial charge in [-0.15, -0.1) is 0 Å². The van der Waals surface area contributed by atoms with Crippen LogP contribution in [0.2, 0.25) is 0 Å². The summed E-state index contributed by atoms with van der Waals surface area (Å²) in [6.07, 6.45) is 0. The Labute approximate surface area is 88.0 Å².